The molecule has 0 atom stereocenters. The Labute approximate surface area is 77.8 Å². The van der Waals surface area contributed by atoms with Gasteiger partial charge < -0.3 is 4.48 Å². The zero-order chi connectivity index (χ0) is 8.20. The first-order chi connectivity index (χ1) is 4.48. The van der Waals surface area contributed by atoms with Gasteiger partial charge in [0.2, 0.25) is 0 Å². The Morgan fingerprint density at radius 1 is 1.50 bits per heavy atom. The van der Waals surface area contributed by atoms with Gasteiger partial charge in [-0.3, -0.25) is 0 Å². The minimum atomic E-state index is 1.09. The van der Waals surface area contributed by atoms with Crippen LogP contribution in [0, 0.1) is 0 Å². The van der Waals surface area contributed by atoms with Crippen molar-refractivity contribution in [1.29, 1.82) is 0 Å². The van der Waals surface area contributed by atoms with Crippen LogP contribution in [-0.2, 0) is 0 Å². The third-order valence-electron chi connectivity index (χ3n) is 1.47. The predicted molar refractivity (Wildman–Crippen MR) is 55.3 cm³/mol. The second-order valence-electron chi connectivity index (χ2n) is 3.49. The van der Waals surface area contributed by atoms with Crippen molar-refractivity contribution in [2.75, 3.05) is 25.2 Å². The maximum absolute atomic E-state index is 3.88. The van der Waals surface area contributed by atoms with Gasteiger partial charge in [-0.05, 0) is 29.5 Å². The summed E-state index contributed by atoms with van der Waals surface area (Å²) >= 11 is 2.42. The first kappa shape index (κ1) is 10.4. The van der Waals surface area contributed by atoms with Gasteiger partial charge in [-0.2, -0.15) is 0 Å². The zero-order valence-electron chi connectivity index (χ0n) is 7.15. The average Bonchev–Trinajstić information content (AvgIpc) is 1.85. The van der Waals surface area contributed by atoms with Crippen molar-refractivity contribution in [3.8, 4) is 0 Å². The molecule has 0 heterocycles. The van der Waals surface area contributed by atoms with E-state index in [9.17, 15) is 0 Å². The summed E-state index contributed by atoms with van der Waals surface area (Å²) in [7, 11) is 4.49. The number of hydrogen-bond acceptors (Lipinski definition) is 0. The summed E-state index contributed by atoms with van der Waals surface area (Å²) < 4.78 is 2.26. The molecule has 60 valence electrons. The molecule has 0 aliphatic heterocycles. The van der Waals surface area contributed by atoms with Gasteiger partial charge in [0.1, 0.15) is 4.55 Å². The van der Waals surface area contributed by atoms with Crippen molar-refractivity contribution >= 4 is 22.6 Å². The Balaban J connectivity index is 3.56. The highest BCUT2D eigenvalue weighted by atomic mass is 127. The van der Waals surface area contributed by atoms with E-state index in [1.54, 1.807) is 0 Å². The Morgan fingerprint density at radius 3 is 2.30 bits per heavy atom. The number of hydrogen-bond donors (Lipinski definition) is 0. The first-order valence-corrected chi connectivity index (χ1v) is 5.03. The molecule has 0 aromatic carbocycles. The van der Waals surface area contributed by atoms with Crippen molar-refractivity contribution in [3.05, 3.63) is 12.2 Å². The maximum Gasteiger partial charge on any atom is 0.129 e. The maximum atomic E-state index is 3.88. The predicted octanol–water partition coefficient (Wildman–Crippen LogP) is 2.42. The van der Waals surface area contributed by atoms with Crippen LogP contribution in [0.15, 0.2) is 12.2 Å². The van der Waals surface area contributed by atoms with Crippen LogP contribution in [0.4, 0.5) is 0 Å². The van der Waals surface area contributed by atoms with Crippen molar-refractivity contribution in [3.63, 3.8) is 0 Å². The van der Waals surface area contributed by atoms with Crippen LogP contribution in [0.2, 0.25) is 0 Å². The molecule has 0 radical (unpaired) electrons. The monoisotopic (exact) mass is 254 g/mol. The lowest BCUT2D eigenvalue weighted by atomic mass is 10.2. The van der Waals surface area contributed by atoms with Crippen LogP contribution in [0.1, 0.15) is 13.3 Å². The summed E-state index contributed by atoms with van der Waals surface area (Å²) in [6, 6.07) is 0. The summed E-state index contributed by atoms with van der Waals surface area (Å²) in [4.78, 5) is 0. The van der Waals surface area contributed by atoms with E-state index in [0.717, 1.165) is 10.9 Å². The molecule has 0 aliphatic rings. The molecular weight excluding hydrogens is 237 g/mol. The summed E-state index contributed by atoms with van der Waals surface area (Å²) in [5.41, 5.74) is 1.29. The highest BCUT2D eigenvalue weighted by Gasteiger charge is 2.10. The third-order valence-corrected chi connectivity index (χ3v) is 3.31. The van der Waals surface area contributed by atoms with Crippen LogP contribution < -0.4 is 0 Å². The fourth-order valence-electron chi connectivity index (χ4n) is 0.553. The Bertz CT molecular complexity index is 118. The Kier molecular flexibility index (Phi) is 4.52. The molecule has 0 rings (SSSR count). The van der Waals surface area contributed by atoms with Gasteiger partial charge in [-0.15, -0.1) is 0 Å². The molecule has 0 saturated carbocycles. The van der Waals surface area contributed by atoms with E-state index in [1.165, 1.54) is 16.7 Å². The van der Waals surface area contributed by atoms with Gasteiger partial charge in [0.05, 0.1) is 20.6 Å². The molecule has 1 nitrogen and oxygen atoms in total. The molecule has 0 spiro atoms. The molecule has 0 aromatic rings. The van der Waals surface area contributed by atoms with Crippen LogP contribution in [0.3, 0.4) is 0 Å². The largest absolute Gasteiger partial charge is 0.320 e. The zero-order valence-corrected chi connectivity index (χ0v) is 9.31. The van der Waals surface area contributed by atoms with E-state index in [-0.39, 0.29) is 0 Å². The van der Waals surface area contributed by atoms with Crippen LogP contribution in [-0.4, -0.2) is 29.7 Å². The van der Waals surface area contributed by atoms with E-state index in [4.69, 9.17) is 0 Å². The molecule has 0 aliphatic carbocycles. The van der Waals surface area contributed by atoms with Crippen molar-refractivity contribution in [1.82, 2.24) is 0 Å². The molecule has 0 N–H and O–H groups in total. The van der Waals surface area contributed by atoms with Gasteiger partial charge in [0.25, 0.3) is 0 Å². The normalized spacial score (nSPS) is 11.6. The van der Waals surface area contributed by atoms with Crippen molar-refractivity contribution in [2.45, 2.75) is 13.3 Å². The second kappa shape index (κ2) is 4.34. The summed E-state index contributed by atoms with van der Waals surface area (Å²) in [6.45, 7) is 7.18. The van der Waals surface area contributed by atoms with E-state index in [0.29, 0.717) is 0 Å². The molecule has 0 bridgehead atoms. The van der Waals surface area contributed by atoms with Crippen LogP contribution >= 0.6 is 22.6 Å². The molecule has 0 saturated heterocycles. The van der Waals surface area contributed by atoms with E-state index in [2.05, 4.69) is 50.2 Å². The van der Waals surface area contributed by atoms with Crippen molar-refractivity contribution < 1.29 is 4.48 Å². The Morgan fingerprint density at radius 2 is 2.00 bits per heavy atom. The second-order valence-corrected chi connectivity index (χ2v) is 4.17. The average molecular weight is 254 g/mol. The number of alkyl halides is 1. The standard InChI is InChI=1S/C8H17IN/c1-8(2)5-6-10(3,4)7-9/h1,5-7H2,2-4H3/q+1. The first-order valence-electron chi connectivity index (χ1n) is 3.50. The van der Waals surface area contributed by atoms with Gasteiger partial charge >= 0.3 is 0 Å². The van der Waals surface area contributed by atoms with Gasteiger partial charge in [0, 0.05) is 6.42 Å². The molecule has 2 heteroatoms. The Hall–Kier alpha value is 0.430. The SMILES string of the molecule is C=C(C)CC[N+](C)(C)CI. The minimum Gasteiger partial charge on any atom is -0.320 e. The summed E-state index contributed by atoms with van der Waals surface area (Å²) in [5.74, 6) is 0. The lowest BCUT2D eigenvalue weighted by molar-refractivity contribution is -0.873. The van der Waals surface area contributed by atoms with Crippen LogP contribution in [0.5, 0.6) is 0 Å². The highest BCUT2D eigenvalue weighted by Crippen LogP contribution is 2.06. The van der Waals surface area contributed by atoms with E-state index < -0.39 is 0 Å². The van der Waals surface area contributed by atoms with Gasteiger partial charge in [0.15, 0.2) is 0 Å². The number of quaternary nitrogens is 1. The topological polar surface area (TPSA) is 0 Å². The minimum absolute atomic E-state index is 1.09. The fourth-order valence-corrected chi connectivity index (χ4v) is 0.894. The molecular formula is C8H17IN+. The summed E-state index contributed by atoms with van der Waals surface area (Å²) in [5, 5.41) is 0. The lowest BCUT2D eigenvalue weighted by Crippen LogP contribution is -2.38. The van der Waals surface area contributed by atoms with E-state index in [1.807, 2.05) is 0 Å². The van der Waals surface area contributed by atoms with Gasteiger partial charge in [-0.25, -0.2) is 0 Å². The molecule has 0 amide bonds. The van der Waals surface area contributed by atoms with Crippen molar-refractivity contribution in [2.24, 2.45) is 0 Å². The molecule has 0 fully saturated rings. The number of rotatable bonds is 4. The smallest absolute Gasteiger partial charge is 0.129 e. The number of nitrogens with zero attached hydrogens (tertiary/aromatic N) is 1. The van der Waals surface area contributed by atoms with Crippen LogP contribution in [0.25, 0.3) is 0 Å². The summed E-state index contributed by atoms with van der Waals surface area (Å²) in [6.07, 6.45) is 1.15. The molecule has 0 aromatic heterocycles. The fraction of sp³-hybridized carbons (Fsp3) is 0.750. The molecule has 0 unspecified atom stereocenters. The third kappa shape index (κ3) is 5.23. The quantitative estimate of drug-likeness (QED) is 0.237. The van der Waals surface area contributed by atoms with E-state index >= 15 is 0 Å². The highest BCUT2D eigenvalue weighted by molar-refractivity contribution is 14.1. The molecule has 10 heavy (non-hydrogen) atoms. The lowest BCUT2D eigenvalue weighted by Gasteiger charge is -2.27. The number of halogens is 1. The van der Waals surface area contributed by atoms with Gasteiger partial charge in [-0.1, -0.05) is 12.2 Å².